The van der Waals surface area contributed by atoms with Crippen LogP contribution >= 0.6 is 0 Å². The monoisotopic (exact) mass is 230 g/mol. The van der Waals surface area contributed by atoms with E-state index in [0.717, 1.165) is 30.5 Å². The average molecular weight is 230 g/mol. The highest BCUT2D eigenvalue weighted by Crippen LogP contribution is 2.28. The highest BCUT2D eigenvalue weighted by Gasteiger charge is 2.16. The van der Waals surface area contributed by atoms with Crippen molar-refractivity contribution in [2.75, 3.05) is 24.5 Å². The van der Waals surface area contributed by atoms with Crippen LogP contribution in [0.1, 0.15) is 18.4 Å². The lowest BCUT2D eigenvalue weighted by Gasteiger charge is -2.18. The van der Waals surface area contributed by atoms with Crippen molar-refractivity contribution in [2.45, 2.75) is 19.3 Å². The largest absolute Gasteiger partial charge is 0.370 e. The van der Waals surface area contributed by atoms with E-state index >= 15 is 0 Å². The van der Waals surface area contributed by atoms with Gasteiger partial charge in [0.25, 0.3) is 0 Å². The first-order chi connectivity index (χ1) is 8.40. The highest BCUT2D eigenvalue weighted by atomic mass is 15.2. The molecule has 1 saturated heterocycles. The van der Waals surface area contributed by atoms with E-state index in [4.69, 9.17) is 5.73 Å². The van der Waals surface area contributed by atoms with E-state index in [2.05, 4.69) is 20.9 Å². The van der Waals surface area contributed by atoms with E-state index in [1.807, 2.05) is 12.4 Å². The van der Waals surface area contributed by atoms with E-state index in [1.165, 1.54) is 24.1 Å². The minimum atomic E-state index is 0.669. The number of anilines is 1. The number of hydrogen-bond donors (Lipinski definition) is 2. The smallest absolute Gasteiger partial charge is 0.0932 e. The Morgan fingerprint density at radius 2 is 2.18 bits per heavy atom. The third-order valence-electron chi connectivity index (χ3n) is 3.48. The molecule has 90 valence electrons. The maximum absolute atomic E-state index is 5.62. The van der Waals surface area contributed by atoms with Crippen molar-refractivity contribution >= 4 is 16.7 Å². The van der Waals surface area contributed by atoms with Crippen molar-refractivity contribution in [3.63, 3.8) is 0 Å². The molecule has 4 heteroatoms. The Labute approximate surface area is 101 Å². The molecule has 0 radical (unpaired) electrons. The molecule has 2 aromatic rings. The summed E-state index contributed by atoms with van der Waals surface area (Å²) < 4.78 is 0. The number of H-pyrrole nitrogens is 1. The van der Waals surface area contributed by atoms with Crippen LogP contribution in [0.25, 0.3) is 11.0 Å². The molecule has 3 N–H and O–H groups in total. The lowest BCUT2D eigenvalue weighted by Crippen LogP contribution is -2.17. The molecule has 1 aliphatic heterocycles. The topological polar surface area (TPSA) is 57.9 Å². The molecule has 0 amide bonds. The van der Waals surface area contributed by atoms with Crippen molar-refractivity contribution in [2.24, 2.45) is 5.73 Å². The molecule has 0 spiro atoms. The van der Waals surface area contributed by atoms with Crippen LogP contribution in [0.2, 0.25) is 0 Å². The number of pyridine rings is 1. The van der Waals surface area contributed by atoms with Gasteiger partial charge in [0.15, 0.2) is 0 Å². The van der Waals surface area contributed by atoms with Gasteiger partial charge >= 0.3 is 0 Å². The second-order valence-corrected chi connectivity index (χ2v) is 4.60. The SMILES string of the molecule is NCCc1c[nH]c2c(N3CCCC3)ccnc12. The molecular formula is C13H18N4. The van der Waals surface area contributed by atoms with Crippen LogP contribution in [0, 0.1) is 0 Å². The third kappa shape index (κ3) is 1.78. The lowest BCUT2D eigenvalue weighted by molar-refractivity contribution is 0.949. The summed E-state index contributed by atoms with van der Waals surface area (Å²) in [6.07, 6.45) is 7.42. The Balaban J connectivity index is 2.06. The fourth-order valence-electron chi connectivity index (χ4n) is 2.63. The number of aromatic nitrogens is 2. The van der Waals surface area contributed by atoms with E-state index in [1.54, 1.807) is 0 Å². The standard InChI is InChI=1S/C13H18N4/c14-5-3-10-9-16-13-11(4-6-15-12(10)13)17-7-1-2-8-17/h4,6,9,16H,1-3,5,7-8,14H2. The first-order valence-electron chi connectivity index (χ1n) is 6.30. The Hall–Kier alpha value is -1.55. The second-order valence-electron chi connectivity index (χ2n) is 4.60. The summed E-state index contributed by atoms with van der Waals surface area (Å²) in [4.78, 5) is 10.3. The van der Waals surface area contributed by atoms with E-state index in [0.29, 0.717) is 6.54 Å². The van der Waals surface area contributed by atoms with Gasteiger partial charge in [0, 0.05) is 25.5 Å². The van der Waals surface area contributed by atoms with E-state index in [-0.39, 0.29) is 0 Å². The van der Waals surface area contributed by atoms with Gasteiger partial charge in [0.2, 0.25) is 0 Å². The molecule has 0 bridgehead atoms. The molecule has 3 rings (SSSR count). The number of hydrogen-bond acceptors (Lipinski definition) is 3. The van der Waals surface area contributed by atoms with E-state index in [9.17, 15) is 0 Å². The molecule has 0 atom stereocenters. The molecule has 4 nitrogen and oxygen atoms in total. The third-order valence-corrected chi connectivity index (χ3v) is 3.48. The molecule has 0 unspecified atom stereocenters. The Kier molecular flexibility index (Phi) is 2.73. The Bertz CT molecular complexity index is 511. The summed E-state index contributed by atoms with van der Waals surface area (Å²) in [6.45, 7) is 2.98. The zero-order valence-electron chi connectivity index (χ0n) is 9.95. The van der Waals surface area contributed by atoms with Crippen LogP contribution in [0.3, 0.4) is 0 Å². The lowest BCUT2D eigenvalue weighted by atomic mass is 10.2. The molecule has 0 aliphatic carbocycles. The average Bonchev–Trinajstić information content (AvgIpc) is 2.98. The molecular weight excluding hydrogens is 212 g/mol. The zero-order valence-corrected chi connectivity index (χ0v) is 9.95. The fraction of sp³-hybridized carbons (Fsp3) is 0.462. The molecule has 17 heavy (non-hydrogen) atoms. The van der Waals surface area contributed by atoms with Crippen molar-refractivity contribution in [3.8, 4) is 0 Å². The maximum atomic E-state index is 5.62. The molecule has 1 aliphatic rings. The van der Waals surface area contributed by atoms with Crippen molar-refractivity contribution in [3.05, 3.63) is 24.0 Å². The number of rotatable bonds is 3. The molecule has 1 fully saturated rings. The second kappa shape index (κ2) is 4.37. The summed E-state index contributed by atoms with van der Waals surface area (Å²) >= 11 is 0. The predicted molar refractivity (Wildman–Crippen MR) is 70.3 cm³/mol. The van der Waals surface area contributed by atoms with Gasteiger partial charge in [-0.25, -0.2) is 0 Å². The van der Waals surface area contributed by atoms with Gasteiger partial charge in [-0.3, -0.25) is 4.98 Å². The van der Waals surface area contributed by atoms with Crippen LogP contribution in [0.5, 0.6) is 0 Å². The van der Waals surface area contributed by atoms with Crippen LogP contribution in [-0.4, -0.2) is 29.6 Å². The van der Waals surface area contributed by atoms with Crippen LogP contribution in [-0.2, 0) is 6.42 Å². The van der Waals surface area contributed by atoms with Gasteiger partial charge < -0.3 is 15.6 Å². The van der Waals surface area contributed by atoms with Gasteiger partial charge in [-0.2, -0.15) is 0 Å². The zero-order chi connectivity index (χ0) is 11.7. The van der Waals surface area contributed by atoms with Gasteiger partial charge in [-0.1, -0.05) is 0 Å². The highest BCUT2D eigenvalue weighted by molar-refractivity contribution is 5.90. The van der Waals surface area contributed by atoms with E-state index < -0.39 is 0 Å². The maximum Gasteiger partial charge on any atom is 0.0932 e. The number of fused-ring (bicyclic) bond motifs is 1. The Morgan fingerprint density at radius 1 is 1.35 bits per heavy atom. The molecule has 2 aromatic heterocycles. The summed E-state index contributed by atoms with van der Waals surface area (Å²) in [5.41, 5.74) is 10.4. The van der Waals surface area contributed by atoms with Gasteiger partial charge in [-0.05, 0) is 37.4 Å². The number of nitrogens with zero attached hydrogens (tertiary/aromatic N) is 2. The molecule has 3 heterocycles. The minimum Gasteiger partial charge on any atom is -0.370 e. The van der Waals surface area contributed by atoms with Crippen molar-refractivity contribution in [1.29, 1.82) is 0 Å². The summed E-state index contributed by atoms with van der Waals surface area (Å²) in [6, 6.07) is 2.11. The summed E-state index contributed by atoms with van der Waals surface area (Å²) in [5, 5.41) is 0. The van der Waals surface area contributed by atoms with Crippen LogP contribution in [0.15, 0.2) is 18.5 Å². The Morgan fingerprint density at radius 3 is 2.94 bits per heavy atom. The predicted octanol–water partition coefficient (Wildman–Crippen LogP) is 1.66. The fourth-order valence-corrected chi connectivity index (χ4v) is 2.63. The van der Waals surface area contributed by atoms with Crippen molar-refractivity contribution < 1.29 is 0 Å². The van der Waals surface area contributed by atoms with Gasteiger partial charge in [0.05, 0.1) is 16.7 Å². The van der Waals surface area contributed by atoms with Crippen LogP contribution < -0.4 is 10.6 Å². The summed E-state index contributed by atoms with van der Waals surface area (Å²) in [7, 11) is 0. The van der Waals surface area contributed by atoms with Gasteiger partial charge in [0.1, 0.15) is 0 Å². The minimum absolute atomic E-state index is 0.669. The first kappa shape index (κ1) is 10.6. The number of nitrogens with one attached hydrogen (secondary N) is 1. The van der Waals surface area contributed by atoms with Gasteiger partial charge in [-0.15, -0.1) is 0 Å². The summed E-state index contributed by atoms with van der Waals surface area (Å²) in [5.74, 6) is 0. The normalized spacial score (nSPS) is 15.9. The van der Waals surface area contributed by atoms with Crippen molar-refractivity contribution in [1.82, 2.24) is 9.97 Å². The van der Waals surface area contributed by atoms with Crippen LogP contribution in [0.4, 0.5) is 5.69 Å². The first-order valence-corrected chi connectivity index (χ1v) is 6.30. The number of aromatic amines is 1. The molecule has 0 aromatic carbocycles. The molecule has 0 saturated carbocycles. The quantitative estimate of drug-likeness (QED) is 0.843. The number of nitrogens with two attached hydrogens (primary N) is 1.